The number of aliphatic hydroxyl groups is 1. The molecule has 0 fully saturated rings. The number of amides is 1. The second kappa shape index (κ2) is 9.07. The summed E-state index contributed by atoms with van der Waals surface area (Å²) in [6.07, 6.45) is -0.661. The molecule has 0 atom stereocenters. The Morgan fingerprint density at radius 1 is 1.03 bits per heavy atom. The molecule has 0 saturated heterocycles. The molecule has 0 spiro atoms. The standard InChI is InChI=1S/C26H24FNO6/c1-26(2,30)20-14-21-19(13-22(20)31-4)24(34-25(29)28-3)23(33-21)15-5-9-17(10-6-15)32-18-11-7-16(27)8-12-18/h5-14,30H,1-4H3,(H,28,29). The number of ether oxygens (including phenoxy) is 3. The van der Waals surface area contributed by atoms with Crippen LogP contribution >= 0.6 is 0 Å². The van der Waals surface area contributed by atoms with Gasteiger partial charge in [0, 0.05) is 18.2 Å². The summed E-state index contributed by atoms with van der Waals surface area (Å²) in [5.41, 5.74) is 0.384. The van der Waals surface area contributed by atoms with Crippen molar-refractivity contribution in [2.75, 3.05) is 14.2 Å². The van der Waals surface area contributed by atoms with E-state index in [1.54, 1.807) is 50.2 Å². The number of rotatable bonds is 6. The molecule has 0 aliphatic rings. The van der Waals surface area contributed by atoms with Crippen molar-refractivity contribution in [2.45, 2.75) is 19.4 Å². The van der Waals surface area contributed by atoms with Crippen LogP contribution in [0.3, 0.4) is 0 Å². The van der Waals surface area contributed by atoms with Gasteiger partial charge in [0.25, 0.3) is 0 Å². The summed E-state index contributed by atoms with van der Waals surface area (Å²) in [6, 6.07) is 16.0. The van der Waals surface area contributed by atoms with Crippen molar-refractivity contribution in [1.29, 1.82) is 0 Å². The average Bonchev–Trinajstić information content (AvgIpc) is 3.16. The van der Waals surface area contributed by atoms with E-state index in [1.165, 1.54) is 38.4 Å². The summed E-state index contributed by atoms with van der Waals surface area (Å²) in [4.78, 5) is 12.1. The minimum Gasteiger partial charge on any atom is -0.496 e. The molecule has 4 rings (SSSR count). The highest BCUT2D eigenvalue weighted by Crippen LogP contribution is 2.44. The first kappa shape index (κ1) is 23.1. The average molecular weight is 465 g/mol. The van der Waals surface area contributed by atoms with Crippen LogP contribution in [0.5, 0.6) is 23.0 Å². The molecule has 0 aliphatic heterocycles. The van der Waals surface area contributed by atoms with E-state index in [0.717, 1.165) is 0 Å². The number of nitrogens with one attached hydrogen (secondary N) is 1. The van der Waals surface area contributed by atoms with Crippen molar-refractivity contribution in [3.63, 3.8) is 0 Å². The lowest BCUT2D eigenvalue weighted by atomic mass is 9.96. The quantitative estimate of drug-likeness (QED) is 0.364. The van der Waals surface area contributed by atoms with Crippen molar-refractivity contribution in [1.82, 2.24) is 5.32 Å². The highest BCUT2D eigenvalue weighted by atomic mass is 19.1. The zero-order chi connectivity index (χ0) is 24.5. The Labute approximate surface area is 195 Å². The zero-order valence-electron chi connectivity index (χ0n) is 19.1. The molecule has 0 saturated carbocycles. The van der Waals surface area contributed by atoms with E-state index < -0.39 is 11.7 Å². The molecule has 1 heterocycles. The topological polar surface area (TPSA) is 90.2 Å². The van der Waals surface area contributed by atoms with Crippen molar-refractivity contribution < 1.29 is 32.9 Å². The van der Waals surface area contributed by atoms with Gasteiger partial charge in [0.1, 0.15) is 28.6 Å². The third kappa shape index (κ3) is 4.67. The van der Waals surface area contributed by atoms with E-state index in [2.05, 4.69) is 5.32 Å². The second-order valence-electron chi connectivity index (χ2n) is 8.09. The number of carbonyl (C=O) groups excluding carboxylic acids is 1. The summed E-state index contributed by atoms with van der Waals surface area (Å²) in [6.45, 7) is 3.28. The Morgan fingerprint density at radius 3 is 2.21 bits per heavy atom. The van der Waals surface area contributed by atoms with E-state index >= 15 is 0 Å². The lowest BCUT2D eigenvalue weighted by Gasteiger charge is -2.20. The van der Waals surface area contributed by atoms with Gasteiger partial charge >= 0.3 is 6.09 Å². The number of carbonyl (C=O) groups is 1. The zero-order valence-corrected chi connectivity index (χ0v) is 19.1. The number of fused-ring (bicyclic) bond motifs is 1. The normalized spacial score (nSPS) is 11.4. The number of hydrogen-bond donors (Lipinski definition) is 2. The third-order valence-electron chi connectivity index (χ3n) is 5.19. The van der Waals surface area contributed by atoms with Crippen LogP contribution < -0.4 is 19.5 Å². The number of hydrogen-bond acceptors (Lipinski definition) is 6. The number of benzene rings is 3. The maximum Gasteiger partial charge on any atom is 0.412 e. The fourth-order valence-electron chi connectivity index (χ4n) is 3.50. The van der Waals surface area contributed by atoms with Crippen molar-refractivity contribution in [3.8, 4) is 34.3 Å². The first-order chi connectivity index (χ1) is 16.2. The summed E-state index contributed by atoms with van der Waals surface area (Å²) < 4.78 is 35.9. The van der Waals surface area contributed by atoms with E-state index in [9.17, 15) is 14.3 Å². The van der Waals surface area contributed by atoms with Crippen LogP contribution in [-0.2, 0) is 5.60 Å². The molecule has 1 amide bonds. The molecule has 8 heteroatoms. The highest BCUT2D eigenvalue weighted by Gasteiger charge is 2.27. The molecule has 1 aromatic heterocycles. The Balaban J connectivity index is 1.77. The fraction of sp³-hybridized carbons (Fsp3) is 0.192. The molecule has 7 nitrogen and oxygen atoms in total. The lowest BCUT2D eigenvalue weighted by Crippen LogP contribution is -2.22. The van der Waals surface area contributed by atoms with Crippen molar-refractivity contribution in [3.05, 3.63) is 72.0 Å². The van der Waals surface area contributed by atoms with Crippen LogP contribution in [0.2, 0.25) is 0 Å². The molecular formula is C26H24FNO6. The highest BCUT2D eigenvalue weighted by molar-refractivity contribution is 5.95. The van der Waals surface area contributed by atoms with E-state index in [-0.39, 0.29) is 11.6 Å². The molecule has 0 radical (unpaired) electrons. The van der Waals surface area contributed by atoms with Gasteiger partial charge in [0.15, 0.2) is 11.5 Å². The number of furan rings is 1. The third-order valence-corrected chi connectivity index (χ3v) is 5.19. The summed E-state index contributed by atoms with van der Waals surface area (Å²) in [7, 11) is 2.95. The first-order valence-electron chi connectivity index (χ1n) is 10.5. The molecule has 3 aromatic carbocycles. The molecule has 2 N–H and O–H groups in total. The minimum atomic E-state index is -1.19. The maximum atomic E-state index is 13.1. The second-order valence-corrected chi connectivity index (χ2v) is 8.09. The number of methoxy groups -OCH3 is 1. The Morgan fingerprint density at radius 2 is 1.65 bits per heavy atom. The lowest BCUT2D eigenvalue weighted by molar-refractivity contribution is 0.0757. The molecule has 0 unspecified atom stereocenters. The smallest absolute Gasteiger partial charge is 0.412 e. The van der Waals surface area contributed by atoms with Gasteiger partial charge < -0.3 is 29.1 Å². The van der Waals surface area contributed by atoms with Crippen LogP contribution in [0.25, 0.3) is 22.3 Å². The van der Waals surface area contributed by atoms with Gasteiger partial charge in [-0.2, -0.15) is 0 Å². The first-order valence-corrected chi connectivity index (χ1v) is 10.5. The predicted molar refractivity (Wildman–Crippen MR) is 125 cm³/mol. The molecule has 0 bridgehead atoms. The summed E-state index contributed by atoms with van der Waals surface area (Å²) in [5.74, 6) is 1.64. The van der Waals surface area contributed by atoms with E-state index in [1.807, 2.05) is 0 Å². The fourth-order valence-corrected chi connectivity index (χ4v) is 3.50. The van der Waals surface area contributed by atoms with E-state index in [4.69, 9.17) is 18.6 Å². The predicted octanol–water partition coefficient (Wildman–Crippen LogP) is 5.99. The SMILES string of the molecule is CNC(=O)Oc1c(-c2ccc(Oc3ccc(F)cc3)cc2)oc2cc(C(C)(C)O)c(OC)cc12. The molecule has 34 heavy (non-hydrogen) atoms. The van der Waals surface area contributed by atoms with Gasteiger partial charge in [-0.25, -0.2) is 9.18 Å². The van der Waals surface area contributed by atoms with Crippen LogP contribution in [0, 0.1) is 5.82 Å². The molecule has 0 aliphatic carbocycles. The number of halogens is 1. The van der Waals surface area contributed by atoms with Crippen molar-refractivity contribution in [2.24, 2.45) is 0 Å². The van der Waals surface area contributed by atoms with Gasteiger partial charge in [-0.15, -0.1) is 0 Å². The van der Waals surface area contributed by atoms with Gasteiger partial charge in [0.05, 0.1) is 18.1 Å². The van der Waals surface area contributed by atoms with Crippen LogP contribution in [-0.4, -0.2) is 25.4 Å². The van der Waals surface area contributed by atoms with Gasteiger partial charge in [-0.05, 0) is 74.5 Å². The largest absolute Gasteiger partial charge is 0.496 e. The van der Waals surface area contributed by atoms with Gasteiger partial charge in [-0.1, -0.05) is 0 Å². The molecule has 4 aromatic rings. The van der Waals surface area contributed by atoms with Crippen molar-refractivity contribution >= 4 is 17.1 Å². The summed E-state index contributed by atoms with van der Waals surface area (Å²) in [5, 5.41) is 13.5. The van der Waals surface area contributed by atoms with Crippen LogP contribution in [0.1, 0.15) is 19.4 Å². The minimum absolute atomic E-state index is 0.210. The monoisotopic (exact) mass is 465 g/mol. The van der Waals surface area contributed by atoms with E-state index in [0.29, 0.717) is 45.1 Å². The van der Waals surface area contributed by atoms with Gasteiger partial charge in [0.2, 0.25) is 0 Å². The Hall–Kier alpha value is -4.04. The maximum absolute atomic E-state index is 13.1. The van der Waals surface area contributed by atoms with Crippen LogP contribution in [0.15, 0.2) is 65.1 Å². The Kier molecular flexibility index (Phi) is 6.17. The van der Waals surface area contributed by atoms with Crippen LogP contribution in [0.4, 0.5) is 9.18 Å². The Bertz CT molecular complexity index is 1320. The van der Waals surface area contributed by atoms with Gasteiger partial charge in [-0.3, -0.25) is 0 Å². The molecule has 176 valence electrons. The molecular weight excluding hydrogens is 441 g/mol. The summed E-state index contributed by atoms with van der Waals surface area (Å²) >= 11 is 0.